The molecule has 2 rings (SSSR count). The van der Waals surface area contributed by atoms with E-state index in [4.69, 9.17) is 9.84 Å². The fourth-order valence-electron chi connectivity index (χ4n) is 1.98. The average Bonchev–Trinajstić information content (AvgIpc) is 2.59. The van der Waals surface area contributed by atoms with Gasteiger partial charge in [0.15, 0.2) is 0 Å². The first kappa shape index (κ1) is 9.06. The zero-order valence-electron chi connectivity index (χ0n) is 7.99. The molecule has 0 spiro atoms. The summed E-state index contributed by atoms with van der Waals surface area (Å²) in [4.78, 5) is 10.9. The summed E-state index contributed by atoms with van der Waals surface area (Å²) in [5.41, 5.74) is 2.05. The van der Waals surface area contributed by atoms with Crippen molar-refractivity contribution in [1.29, 1.82) is 0 Å². The van der Waals surface area contributed by atoms with Crippen LogP contribution in [0.2, 0.25) is 0 Å². The monoisotopic (exact) mass is 192 g/mol. The summed E-state index contributed by atoms with van der Waals surface area (Å²) in [5, 5.41) is 8.96. The van der Waals surface area contributed by atoms with Gasteiger partial charge < -0.3 is 9.84 Å². The van der Waals surface area contributed by atoms with Gasteiger partial charge in [0.25, 0.3) is 0 Å². The van der Waals surface area contributed by atoms with Crippen LogP contribution in [0.15, 0.2) is 18.2 Å². The summed E-state index contributed by atoms with van der Waals surface area (Å²) in [6.07, 6.45) is 1.54. The van der Waals surface area contributed by atoms with Crippen molar-refractivity contribution >= 4 is 5.97 Å². The van der Waals surface area contributed by atoms with Crippen LogP contribution in [0, 0.1) is 0 Å². The third kappa shape index (κ3) is 1.35. The number of carboxylic acid groups (broad SMARTS) is 1. The van der Waals surface area contributed by atoms with Crippen LogP contribution in [0.3, 0.4) is 0 Å². The van der Waals surface area contributed by atoms with E-state index in [1.807, 2.05) is 18.2 Å². The Labute approximate surface area is 82.3 Å². The van der Waals surface area contributed by atoms with Crippen molar-refractivity contribution in [3.05, 3.63) is 29.3 Å². The minimum Gasteiger partial charge on any atom is -0.497 e. The molecule has 0 bridgehead atoms. The summed E-state index contributed by atoms with van der Waals surface area (Å²) in [5.74, 6) is -0.250. The summed E-state index contributed by atoms with van der Waals surface area (Å²) in [7, 11) is 1.62. The molecule has 0 unspecified atom stereocenters. The van der Waals surface area contributed by atoms with Crippen LogP contribution >= 0.6 is 0 Å². The summed E-state index contributed by atoms with van der Waals surface area (Å²) >= 11 is 0. The summed E-state index contributed by atoms with van der Waals surface area (Å²) in [6.45, 7) is 0. The van der Waals surface area contributed by atoms with Crippen LogP contribution in [0.25, 0.3) is 0 Å². The SMILES string of the molecule is COc1ccc2c(c1)CC[C@H]2C(=O)O. The average molecular weight is 192 g/mol. The van der Waals surface area contributed by atoms with Crippen molar-refractivity contribution < 1.29 is 14.6 Å². The first-order valence-corrected chi connectivity index (χ1v) is 4.62. The Bertz CT molecular complexity index is 371. The Morgan fingerprint density at radius 2 is 2.36 bits per heavy atom. The smallest absolute Gasteiger partial charge is 0.310 e. The van der Waals surface area contributed by atoms with E-state index < -0.39 is 5.97 Å². The van der Waals surface area contributed by atoms with Crippen LogP contribution in [-0.2, 0) is 11.2 Å². The Balaban J connectivity index is 2.38. The van der Waals surface area contributed by atoms with E-state index in [1.165, 1.54) is 0 Å². The van der Waals surface area contributed by atoms with Crippen molar-refractivity contribution in [2.75, 3.05) is 7.11 Å². The lowest BCUT2D eigenvalue weighted by atomic mass is 10.0. The van der Waals surface area contributed by atoms with Gasteiger partial charge in [-0.2, -0.15) is 0 Å². The van der Waals surface area contributed by atoms with Crippen molar-refractivity contribution in [3.8, 4) is 5.75 Å². The van der Waals surface area contributed by atoms with Gasteiger partial charge in [-0.25, -0.2) is 0 Å². The number of carbonyl (C=O) groups is 1. The van der Waals surface area contributed by atoms with Crippen molar-refractivity contribution in [3.63, 3.8) is 0 Å². The van der Waals surface area contributed by atoms with E-state index in [1.54, 1.807) is 7.11 Å². The second-order valence-corrected chi connectivity index (χ2v) is 3.49. The molecule has 0 heterocycles. The molecule has 0 amide bonds. The third-order valence-corrected chi connectivity index (χ3v) is 2.73. The second kappa shape index (κ2) is 3.33. The molecule has 1 aliphatic carbocycles. The zero-order valence-corrected chi connectivity index (χ0v) is 7.99. The number of benzene rings is 1. The predicted octanol–water partition coefficient (Wildman–Crippen LogP) is 1.81. The maximum absolute atomic E-state index is 10.9. The van der Waals surface area contributed by atoms with Crippen LogP contribution in [0.5, 0.6) is 5.75 Å². The first-order chi connectivity index (χ1) is 6.72. The number of aliphatic carboxylic acids is 1. The molecule has 0 radical (unpaired) electrons. The highest BCUT2D eigenvalue weighted by Gasteiger charge is 2.28. The van der Waals surface area contributed by atoms with Gasteiger partial charge in [0.05, 0.1) is 13.0 Å². The van der Waals surface area contributed by atoms with Gasteiger partial charge in [0.2, 0.25) is 0 Å². The first-order valence-electron chi connectivity index (χ1n) is 4.62. The number of aryl methyl sites for hydroxylation is 1. The minimum atomic E-state index is -0.728. The van der Waals surface area contributed by atoms with Gasteiger partial charge in [-0.1, -0.05) is 6.07 Å². The normalized spacial score (nSPS) is 19.1. The number of fused-ring (bicyclic) bond motifs is 1. The number of rotatable bonds is 2. The maximum atomic E-state index is 10.9. The summed E-state index contributed by atoms with van der Waals surface area (Å²) < 4.78 is 5.09. The van der Waals surface area contributed by atoms with Crippen LogP contribution in [0.1, 0.15) is 23.5 Å². The molecule has 3 nitrogen and oxygen atoms in total. The van der Waals surface area contributed by atoms with Crippen LogP contribution in [-0.4, -0.2) is 18.2 Å². The topological polar surface area (TPSA) is 46.5 Å². The molecule has 1 aromatic carbocycles. The van der Waals surface area contributed by atoms with E-state index in [2.05, 4.69) is 0 Å². The van der Waals surface area contributed by atoms with Gasteiger partial charge in [-0.3, -0.25) is 4.79 Å². The van der Waals surface area contributed by atoms with Gasteiger partial charge in [0.1, 0.15) is 5.75 Å². The molecule has 74 valence electrons. The zero-order chi connectivity index (χ0) is 10.1. The molecular formula is C11H12O3. The molecule has 14 heavy (non-hydrogen) atoms. The summed E-state index contributed by atoms with van der Waals surface area (Å²) in [6, 6.07) is 5.61. The number of carboxylic acids is 1. The van der Waals surface area contributed by atoms with E-state index in [0.717, 1.165) is 23.3 Å². The number of hydrogen-bond acceptors (Lipinski definition) is 2. The van der Waals surface area contributed by atoms with Crippen molar-refractivity contribution in [2.24, 2.45) is 0 Å². The lowest BCUT2D eigenvalue weighted by Crippen LogP contribution is -2.07. The minimum absolute atomic E-state index is 0.323. The molecule has 1 atom stereocenters. The van der Waals surface area contributed by atoms with Gasteiger partial charge in [-0.15, -0.1) is 0 Å². The Morgan fingerprint density at radius 1 is 1.57 bits per heavy atom. The van der Waals surface area contributed by atoms with E-state index in [9.17, 15) is 4.79 Å². The number of ether oxygens (including phenoxy) is 1. The molecular weight excluding hydrogens is 180 g/mol. The molecule has 1 aliphatic rings. The standard InChI is InChI=1S/C11H12O3/c1-14-8-3-5-9-7(6-8)2-4-10(9)11(12)13/h3,5-6,10H,2,4H2,1H3,(H,12,13)/t10-/m1/s1. The lowest BCUT2D eigenvalue weighted by Gasteiger charge is -2.06. The molecule has 1 aromatic rings. The Hall–Kier alpha value is -1.51. The highest BCUT2D eigenvalue weighted by molar-refractivity contribution is 5.78. The highest BCUT2D eigenvalue weighted by Crippen LogP contribution is 2.35. The van der Waals surface area contributed by atoms with Crippen molar-refractivity contribution in [1.82, 2.24) is 0 Å². The largest absolute Gasteiger partial charge is 0.497 e. The molecule has 3 heteroatoms. The fraction of sp³-hybridized carbons (Fsp3) is 0.364. The van der Waals surface area contributed by atoms with E-state index >= 15 is 0 Å². The molecule has 0 saturated carbocycles. The van der Waals surface area contributed by atoms with Crippen LogP contribution < -0.4 is 4.74 Å². The quantitative estimate of drug-likeness (QED) is 0.777. The second-order valence-electron chi connectivity index (χ2n) is 3.49. The molecule has 0 aliphatic heterocycles. The van der Waals surface area contributed by atoms with Gasteiger partial charge >= 0.3 is 5.97 Å². The molecule has 0 fully saturated rings. The van der Waals surface area contributed by atoms with E-state index in [-0.39, 0.29) is 5.92 Å². The molecule has 0 saturated heterocycles. The molecule has 0 aromatic heterocycles. The van der Waals surface area contributed by atoms with Crippen molar-refractivity contribution in [2.45, 2.75) is 18.8 Å². The maximum Gasteiger partial charge on any atom is 0.310 e. The predicted molar refractivity (Wildman–Crippen MR) is 51.7 cm³/mol. The molecule has 1 N–H and O–H groups in total. The lowest BCUT2D eigenvalue weighted by molar-refractivity contribution is -0.138. The third-order valence-electron chi connectivity index (χ3n) is 2.73. The van der Waals surface area contributed by atoms with Gasteiger partial charge in [-0.05, 0) is 36.1 Å². The van der Waals surface area contributed by atoms with E-state index in [0.29, 0.717) is 6.42 Å². The van der Waals surface area contributed by atoms with Gasteiger partial charge in [0, 0.05) is 0 Å². The highest BCUT2D eigenvalue weighted by atomic mass is 16.5. The number of hydrogen-bond donors (Lipinski definition) is 1. The van der Waals surface area contributed by atoms with Crippen LogP contribution in [0.4, 0.5) is 0 Å². The fourth-order valence-corrected chi connectivity index (χ4v) is 1.98. The Morgan fingerprint density at radius 3 is 3.00 bits per heavy atom. The Kier molecular flexibility index (Phi) is 2.15. The number of methoxy groups -OCH3 is 1.